The predicted octanol–water partition coefficient (Wildman–Crippen LogP) is 3.57. The zero-order chi connectivity index (χ0) is 13.7. The number of aryl methyl sites for hydroxylation is 1. The molecule has 0 aliphatic carbocycles. The molecule has 2 aromatic carbocycles. The average Bonchev–Trinajstić information content (AvgIpc) is 2.37. The molecule has 19 heavy (non-hydrogen) atoms. The zero-order valence-electron chi connectivity index (χ0n) is 11.2. The first-order chi connectivity index (χ1) is 9.13. The van der Waals surface area contributed by atoms with E-state index in [0.717, 1.165) is 17.9 Å². The summed E-state index contributed by atoms with van der Waals surface area (Å²) in [5.41, 5.74) is 4.36. The summed E-state index contributed by atoms with van der Waals surface area (Å²) in [4.78, 5) is 10.9. The van der Waals surface area contributed by atoms with E-state index in [1.807, 2.05) is 30.3 Å². The first-order valence-corrected chi connectivity index (χ1v) is 6.30. The fraction of sp³-hybridized carbons (Fsp3) is 0.188. The van der Waals surface area contributed by atoms with Crippen molar-refractivity contribution in [3.8, 4) is 0 Å². The third-order valence-electron chi connectivity index (χ3n) is 2.79. The van der Waals surface area contributed by atoms with Gasteiger partial charge in [-0.3, -0.25) is 4.79 Å². The van der Waals surface area contributed by atoms with Crippen LogP contribution >= 0.6 is 0 Å². The van der Waals surface area contributed by atoms with Crippen molar-refractivity contribution in [3.05, 3.63) is 59.7 Å². The van der Waals surface area contributed by atoms with Gasteiger partial charge in [0.25, 0.3) is 0 Å². The van der Waals surface area contributed by atoms with Crippen LogP contribution in [0.3, 0.4) is 0 Å². The fourth-order valence-corrected chi connectivity index (χ4v) is 1.87. The molecule has 0 aromatic heterocycles. The van der Waals surface area contributed by atoms with E-state index in [1.165, 1.54) is 18.1 Å². The van der Waals surface area contributed by atoms with Crippen molar-refractivity contribution in [1.82, 2.24) is 0 Å². The van der Waals surface area contributed by atoms with E-state index in [4.69, 9.17) is 0 Å². The van der Waals surface area contributed by atoms with Crippen LogP contribution in [0.2, 0.25) is 0 Å². The molecule has 0 saturated carbocycles. The van der Waals surface area contributed by atoms with Crippen LogP contribution in [0.1, 0.15) is 18.1 Å². The lowest BCUT2D eigenvalue weighted by atomic mass is 10.2. The Bertz CT molecular complexity index is 561. The van der Waals surface area contributed by atoms with Gasteiger partial charge in [0.05, 0.1) is 0 Å². The molecule has 98 valence electrons. The van der Waals surface area contributed by atoms with E-state index in [2.05, 4.69) is 35.8 Å². The van der Waals surface area contributed by atoms with Gasteiger partial charge < -0.3 is 10.6 Å². The molecule has 0 spiro atoms. The normalized spacial score (nSPS) is 10.0. The summed E-state index contributed by atoms with van der Waals surface area (Å²) in [7, 11) is 0. The smallest absolute Gasteiger partial charge is 0.221 e. The predicted molar refractivity (Wildman–Crippen MR) is 79.3 cm³/mol. The summed E-state index contributed by atoms with van der Waals surface area (Å²) in [5.74, 6) is -0.0503. The van der Waals surface area contributed by atoms with Crippen LogP contribution in [0, 0.1) is 6.92 Å². The number of anilines is 2. The zero-order valence-corrected chi connectivity index (χ0v) is 11.2. The van der Waals surface area contributed by atoms with Crippen molar-refractivity contribution >= 4 is 17.3 Å². The van der Waals surface area contributed by atoms with Crippen LogP contribution in [0.15, 0.2) is 48.5 Å². The van der Waals surface area contributed by atoms with Crippen molar-refractivity contribution in [3.63, 3.8) is 0 Å². The lowest BCUT2D eigenvalue weighted by Gasteiger charge is -2.08. The standard InChI is InChI=1S/C16H18N2O/c1-12-4-3-5-16(10-12)17-11-14-6-8-15(9-7-14)18-13(2)19/h3-10,17H,11H2,1-2H3,(H,18,19). The van der Waals surface area contributed by atoms with Crippen molar-refractivity contribution < 1.29 is 4.79 Å². The van der Waals surface area contributed by atoms with Gasteiger partial charge in [-0.15, -0.1) is 0 Å². The molecule has 0 fully saturated rings. The second-order valence-electron chi connectivity index (χ2n) is 4.60. The molecule has 0 bridgehead atoms. The Balaban J connectivity index is 1.94. The monoisotopic (exact) mass is 254 g/mol. The van der Waals surface area contributed by atoms with Crippen molar-refractivity contribution in [1.29, 1.82) is 0 Å². The number of hydrogen-bond donors (Lipinski definition) is 2. The Morgan fingerprint density at radius 1 is 1.05 bits per heavy atom. The Morgan fingerprint density at radius 2 is 1.79 bits per heavy atom. The van der Waals surface area contributed by atoms with Crippen molar-refractivity contribution in [2.45, 2.75) is 20.4 Å². The van der Waals surface area contributed by atoms with Gasteiger partial charge in [-0.2, -0.15) is 0 Å². The quantitative estimate of drug-likeness (QED) is 0.875. The lowest BCUT2D eigenvalue weighted by molar-refractivity contribution is -0.114. The number of hydrogen-bond acceptors (Lipinski definition) is 2. The SMILES string of the molecule is CC(=O)Nc1ccc(CNc2cccc(C)c2)cc1. The summed E-state index contributed by atoms with van der Waals surface area (Å²) in [6.45, 7) is 4.35. The molecule has 0 aliphatic heterocycles. The topological polar surface area (TPSA) is 41.1 Å². The van der Waals surface area contributed by atoms with Crippen molar-refractivity contribution in [2.24, 2.45) is 0 Å². The second kappa shape index (κ2) is 6.05. The highest BCUT2D eigenvalue weighted by atomic mass is 16.1. The maximum absolute atomic E-state index is 10.9. The maximum atomic E-state index is 10.9. The summed E-state index contributed by atoms with van der Waals surface area (Å²) < 4.78 is 0. The van der Waals surface area contributed by atoms with Gasteiger partial charge in [0.2, 0.25) is 5.91 Å². The van der Waals surface area contributed by atoms with Gasteiger partial charge in [-0.25, -0.2) is 0 Å². The summed E-state index contributed by atoms with van der Waals surface area (Å²) in [6.07, 6.45) is 0. The third-order valence-corrected chi connectivity index (χ3v) is 2.79. The lowest BCUT2D eigenvalue weighted by Crippen LogP contribution is -2.06. The van der Waals surface area contributed by atoms with Gasteiger partial charge in [0.15, 0.2) is 0 Å². The molecule has 2 rings (SSSR count). The van der Waals surface area contributed by atoms with Gasteiger partial charge in [-0.1, -0.05) is 24.3 Å². The first-order valence-electron chi connectivity index (χ1n) is 6.30. The summed E-state index contributed by atoms with van der Waals surface area (Å²) in [5, 5.41) is 6.13. The van der Waals surface area contributed by atoms with E-state index in [1.54, 1.807) is 0 Å². The fourth-order valence-electron chi connectivity index (χ4n) is 1.87. The minimum absolute atomic E-state index is 0.0503. The molecule has 0 atom stereocenters. The molecule has 2 aromatic rings. The second-order valence-corrected chi connectivity index (χ2v) is 4.60. The molecule has 0 radical (unpaired) electrons. The number of benzene rings is 2. The Morgan fingerprint density at radius 3 is 2.42 bits per heavy atom. The van der Waals surface area contributed by atoms with E-state index in [9.17, 15) is 4.79 Å². The van der Waals surface area contributed by atoms with E-state index >= 15 is 0 Å². The minimum Gasteiger partial charge on any atom is -0.381 e. The third kappa shape index (κ3) is 4.14. The molecule has 1 amide bonds. The van der Waals surface area contributed by atoms with Crippen LogP contribution in [-0.4, -0.2) is 5.91 Å². The molecule has 2 N–H and O–H groups in total. The summed E-state index contributed by atoms with van der Waals surface area (Å²) >= 11 is 0. The van der Waals surface area contributed by atoms with Crippen LogP contribution in [0.5, 0.6) is 0 Å². The highest BCUT2D eigenvalue weighted by Gasteiger charge is 1.97. The molecule has 0 heterocycles. The average molecular weight is 254 g/mol. The first kappa shape index (κ1) is 13.1. The largest absolute Gasteiger partial charge is 0.381 e. The Kier molecular flexibility index (Phi) is 4.18. The minimum atomic E-state index is -0.0503. The number of nitrogens with one attached hydrogen (secondary N) is 2. The number of rotatable bonds is 4. The van der Waals surface area contributed by atoms with Crippen molar-refractivity contribution in [2.75, 3.05) is 10.6 Å². The van der Waals surface area contributed by atoms with Crippen LogP contribution < -0.4 is 10.6 Å². The van der Waals surface area contributed by atoms with Crippen LogP contribution in [-0.2, 0) is 11.3 Å². The molecule has 3 heteroatoms. The number of amides is 1. The molecule has 0 unspecified atom stereocenters. The number of carbonyl (C=O) groups excluding carboxylic acids is 1. The van der Waals surface area contributed by atoms with Crippen LogP contribution in [0.25, 0.3) is 0 Å². The Labute approximate surface area is 113 Å². The van der Waals surface area contributed by atoms with Gasteiger partial charge in [0, 0.05) is 24.8 Å². The van der Waals surface area contributed by atoms with Crippen LogP contribution in [0.4, 0.5) is 11.4 Å². The molecular weight excluding hydrogens is 236 g/mol. The van der Waals surface area contributed by atoms with E-state index < -0.39 is 0 Å². The molecular formula is C16H18N2O. The highest BCUT2D eigenvalue weighted by molar-refractivity contribution is 5.88. The van der Waals surface area contributed by atoms with Gasteiger partial charge in [0.1, 0.15) is 0 Å². The summed E-state index contributed by atoms with van der Waals surface area (Å²) in [6, 6.07) is 16.1. The molecule has 0 aliphatic rings. The van der Waals surface area contributed by atoms with Gasteiger partial charge >= 0.3 is 0 Å². The highest BCUT2D eigenvalue weighted by Crippen LogP contribution is 2.13. The van der Waals surface area contributed by atoms with E-state index in [-0.39, 0.29) is 5.91 Å². The molecule has 3 nitrogen and oxygen atoms in total. The maximum Gasteiger partial charge on any atom is 0.221 e. The molecule has 0 saturated heterocycles. The van der Waals surface area contributed by atoms with Gasteiger partial charge in [-0.05, 0) is 42.3 Å². The number of carbonyl (C=O) groups is 1. The van der Waals surface area contributed by atoms with E-state index in [0.29, 0.717) is 0 Å². The Hall–Kier alpha value is -2.29.